The van der Waals surface area contributed by atoms with Crippen LogP contribution in [0.5, 0.6) is 0 Å². The number of fused-ring (bicyclic) bond motifs is 1. The zero-order chi connectivity index (χ0) is 29.6. The number of carbonyl (C=O) groups is 2. The molecule has 12 heteroatoms. The van der Waals surface area contributed by atoms with Gasteiger partial charge in [0.15, 0.2) is 17.5 Å². The van der Waals surface area contributed by atoms with Crippen LogP contribution in [-0.4, -0.2) is 71.2 Å². The van der Waals surface area contributed by atoms with E-state index in [0.717, 1.165) is 40.6 Å². The summed E-state index contributed by atoms with van der Waals surface area (Å²) in [6, 6.07) is 15.9. The van der Waals surface area contributed by atoms with Crippen molar-refractivity contribution >= 4 is 34.4 Å². The Morgan fingerprint density at radius 3 is 2.60 bits per heavy atom. The van der Waals surface area contributed by atoms with Crippen molar-refractivity contribution in [2.24, 2.45) is 0 Å². The molecule has 0 fully saturated rings. The summed E-state index contributed by atoms with van der Waals surface area (Å²) in [5.41, 5.74) is 3.83. The summed E-state index contributed by atoms with van der Waals surface area (Å²) in [6.07, 6.45) is 4.49. The van der Waals surface area contributed by atoms with Crippen molar-refractivity contribution in [3.8, 4) is 17.1 Å². The van der Waals surface area contributed by atoms with Gasteiger partial charge in [-0.3, -0.25) is 4.79 Å². The van der Waals surface area contributed by atoms with Gasteiger partial charge in [-0.2, -0.15) is 5.21 Å². The highest BCUT2D eigenvalue weighted by molar-refractivity contribution is 6.32. The number of nitrogens with zero attached hydrogens (tertiary/aromatic N) is 7. The summed E-state index contributed by atoms with van der Waals surface area (Å²) in [4.78, 5) is 31.9. The van der Waals surface area contributed by atoms with Crippen LogP contribution in [0.25, 0.3) is 28.0 Å². The van der Waals surface area contributed by atoms with E-state index in [4.69, 9.17) is 16.3 Å². The number of amides is 1. The maximum absolute atomic E-state index is 13.3. The Morgan fingerprint density at radius 2 is 1.86 bits per heavy atom. The van der Waals surface area contributed by atoms with Crippen LogP contribution in [0.2, 0.25) is 5.15 Å². The highest BCUT2D eigenvalue weighted by atomic mass is 35.5. The van der Waals surface area contributed by atoms with Crippen molar-refractivity contribution in [1.29, 1.82) is 0 Å². The zero-order valence-electron chi connectivity index (χ0n) is 23.9. The topological polar surface area (TPSA) is 124 Å². The van der Waals surface area contributed by atoms with Gasteiger partial charge >= 0.3 is 5.97 Å². The molecule has 1 amide bonds. The van der Waals surface area contributed by atoms with E-state index in [2.05, 4.69) is 37.1 Å². The first-order chi connectivity index (χ1) is 20.5. The molecule has 0 radical (unpaired) electrons. The molecule has 0 aliphatic rings. The Labute approximate surface area is 248 Å². The minimum atomic E-state index is -0.672. The van der Waals surface area contributed by atoms with Gasteiger partial charge < -0.3 is 18.8 Å². The number of tetrazole rings is 1. The van der Waals surface area contributed by atoms with Crippen LogP contribution in [-0.2, 0) is 22.5 Å². The van der Waals surface area contributed by atoms with Crippen LogP contribution in [0, 0.1) is 0 Å². The average molecular weight is 589 g/mol. The van der Waals surface area contributed by atoms with Gasteiger partial charge in [0.1, 0.15) is 5.82 Å². The number of para-hydroxylation sites is 1. The van der Waals surface area contributed by atoms with Crippen molar-refractivity contribution in [2.45, 2.75) is 46.6 Å². The number of hydrogen-bond donors (Lipinski definition) is 1. The minimum Gasteiger partial charge on any atom is -0.451 e. The molecule has 3 heterocycles. The number of esters is 1. The van der Waals surface area contributed by atoms with E-state index in [-0.39, 0.29) is 23.4 Å². The highest BCUT2D eigenvalue weighted by Crippen LogP contribution is 2.30. The summed E-state index contributed by atoms with van der Waals surface area (Å²) < 4.78 is 9.35. The van der Waals surface area contributed by atoms with Crippen molar-refractivity contribution in [3.63, 3.8) is 0 Å². The number of halogens is 1. The van der Waals surface area contributed by atoms with Gasteiger partial charge in [0, 0.05) is 36.7 Å². The van der Waals surface area contributed by atoms with Gasteiger partial charge in [0.05, 0.1) is 17.7 Å². The summed E-state index contributed by atoms with van der Waals surface area (Å²) >= 11 is 6.54. The van der Waals surface area contributed by atoms with E-state index in [9.17, 15) is 9.59 Å². The fourth-order valence-electron chi connectivity index (χ4n) is 5.12. The molecule has 0 bridgehead atoms. The Hall–Kier alpha value is -4.51. The van der Waals surface area contributed by atoms with Crippen molar-refractivity contribution < 1.29 is 14.3 Å². The normalized spacial score (nSPS) is 11.2. The molecular formula is C30H33ClN8O3. The molecule has 3 aromatic heterocycles. The number of ether oxygens (including phenoxy) is 1. The Morgan fingerprint density at radius 1 is 1.05 bits per heavy atom. The molecule has 218 valence electrons. The number of aromatic nitrogens is 7. The molecule has 42 heavy (non-hydrogen) atoms. The molecular weight excluding hydrogens is 556 g/mol. The molecule has 0 saturated heterocycles. The first-order valence-corrected chi connectivity index (χ1v) is 14.5. The number of hydrogen-bond acceptors (Lipinski definition) is 7. The third-order valence-corrected chi connectivity index (χ3v) is 7.56. The maximum Gasteiger partial charge on any atom is 0.358 e. The number of likely N-dealkylation sites (N-methyl/N-ethyl adjacent to an activating group) is 1. The predicted octanol–water partition coefficient (Wildman–Crippen LogP) is 5.08. The van der Waals surface area contributed by atoms with Crippen LogP contribution in [0.15, 0.2) is 54.7 Å². The number of rotatable bonds is 12. The summed E-state index contributed by atoms with van der Waals surface area (Å²) in [5.74, 6) is 0.270. The number of aryl methyl sites for hydroxylation is 1. The van der Waals surface area contributed by atoms with E-state index < -0.39 is 5.97 Å². The monoisotopic (exact) mass is 588 g/mol. The first-order valence-electron chi connectivity index (χ1n) is 14.1. The Kier molecular flexibility index (Phi) is 8.97. The fraction of sp³-hybridized carbons (Fsp3) is 0.333. The summed E-state index contributed by atoms with van der Waals surface area (Å²) in [6.45, 7) is 6.93. The molecule has 0 spiro atoms. The van der Waals surface area contributed by atoms with Crippen molar-refractivity contribution in [1.82, 2.24) is 39.6 Å². The summed E-state index contributed by atoms with van der Waals surface area (Å²) in [7, 11) is 0. The Balaban J connectivity index is 1.51. The number of aromatic amines is 1. The number of H-pyrrole nitrogens is 1. The van der Waals surface area contributed by atoms with Gasteiger partial charge in [-0.15, -0.1) is 10.2 Å². The smallest absolute Gasteiger partial charge is 0.358 e. The number of nitrogens with one attached hydrogen (secondary N) is 1. The molecule has 2 aromatic carbocycles. The third kappa shape index (κ3) is 5.78. The van der Waals surface area contributed by atoms with Gasteiger partial charge in [-0.25, -0.2) is 9.78 Å². The maximum atomic E-state index is 13.3. The van der Waals surface area contributed by atoms with Crippen molar-refractivity contribution in [2.75, 3.05) is 19.7 Å². The molecule has 0 aliphatic carbocycles. The minimum absolute atomic E-state index is 0.0696. The van der Waals surface area contributed by atoms with E-state index in [1.165, 1.54) is 0 Å². The highest BCUT2D eigenvalue weighted by Gasteiger charge is 2.25. The molecule has 0 atom stereocenters. The van der Waals surface area contributed by atoms with Crippen molar-refractivity contribution in [3.05, 3.63) is 77.0 Å². The fourth-order valence-corrected chi connectivity index (χ4v) is 5.40. The van der Waals surface area contributed by atoms with Crippen LogP contribution in [0.3, 0.4) is 0 Å². The molecule has 0 unspecified atom stereocenters. The second-order valence-corrected chi connectivity index (χ2v) is 10.1. The summed E-state index contributed by atoms with van der Waals surface area (Å²) in [5, 5.41) is 15.6. The quantitative estimate of drug-likeness (QED) is 0.202. The van der Waals surface area contributed by atoms with Crippen LogP contribution < -0.4 is 0 Å². The molecule has 1 N–H and O–H groups in total. The Bertz CT molecular complexity index is 1690. The van der Waals surface area contributed by atoms with Gasteiger partial charge in [-0.05, 0) is 55.3 Å². The average Bonchev–Trinajstić information content (AvgIpc) is 3.75. The largest absolute Gasteiger partial charge is 0.451 e. The van der Waals surface area contributed by atoms with E-state index in [0.29, 0.717) is 37.7 Å². The number of carbonyl (C=O) groups excluding carboxylic acids is 2. The van der Waals surface area contributed by atoms with Gasteiger partial charge in [0.25, 0.3) is 5.91 Å². The first kappa shape index (κ1) is 29.0. The van der Waals surface area contributed by atoms with Gasteiger partial charge in [-0.1, -0.05) is 49.2 Å². The molecule has 0 saturated carbocycles. The zero-order valence-corrected chi connectivity index (χ0v) is 24.6. The molecule has 5 rings (SSSR count). The number of benzene rings is 2. The lowest BCUT2D eigenvalue weighted by atomic mass is 10.1. The SMILES string of the molecule is CCCCc1nc(Cl)c(C(=O)OCC(=O)N(CC)CC)n1Cc1cccc2c1ccn2-c1ccccc1-c1nn[nH]n1. The van der Waals surface area contributed by atoms with E-state index in [1.54, 1.807) is 4.90 Å². The lowest BCUT2D eigenvalue weighted by molar-refractivity contribution is -0.134. The molecule has 5 aromatic rings. The van der Waals surface area contributed by atoms with E-state index >= 15 is 0 Å². The standard InChI is InChI=1S/C30H33ClN8O3/c1-4-7-15-25-32-28(31)27(30(41)42-19-26(40)37(5-2)6-3)39(25)18-20-11-10-14-23-21(20)16-17-38(23)24-13-9-8-12-22(24)29-33-35-36-34-29/h8-14,16-17H,4-7,15,18-19H2,1-3H3,(H,33,34,35,36). The lowest BCUT2D eigenvalue weighted by Gasteiger charge is -2.18. The second-order valence-electron chi connectivity index (χ2n) is 9.79. The number of unbranched alkanes of at least 4 members (excludes halogenated alkanes) is 1. The second kappa shape index (κ2) is 13.0. The third-order valence-electron chi connectivity index (χ3n) is 7.30. The van der Waals surface area contributed by atoms with Crippen LogP contribution >= 0.6 is 11.6 Å². The van der Waals surface area contributed by atoms with Crippen LogP contribution in [0.1, 0.15) is 55.5 Å². The van der Waals surface area contributed by atoms with E-state index in [1.807, 2.05) is 73.1 Å². The molecule has 11 nitrogen and oxygen atoms in total. The number of imidazole rings is 1. The van der Waals surface area contributed by atoms with Crippen LogP contribution in [0.4, 0.5) is 0 Å². The molecule has 0 aliphatic heterocycles. The van der Waals surface area contributed by atoms with Gasteiger partial charge in [0.2, 0.25) is 5.82 Å². The predicted molar refractivity (Wildman–Crippen MR) is 160 cm³/mol. The lowest BCUT2D eigenvalue weighted by Crippen LogP contribution is -2.34.